The second-order valence-corrected chi connectivity index (χ2v) is 6.19. The summed E-state index contributed by atoms with van der Waals surface area (Å²) < 4.78 is 0. The molecule has 0 fully saturated rings. The number of nitrogens with one attached hydrogen (secondary N) is 1. The SMILES string of the molecule is CC.CC.CC.CC(=N)N.CCC(=O)O.NC(N)=NCc1nccs1.NCc1nccs1. The van der Waals surface area contributed by atoms with E-state index < -0.39 is 5.97 Å². The third-order valence-corrected chi connectivity index (χ3v) is 3.41. The number of aliphatic imine (C=N–C) groups is 1. The molecule has 0 amide bonds. The van der Waals surface area contributed by atoms with Gasteiger partial charge in [0, 0.05) is 36.1 Å². The molecular weight excluding hydrogens is 448 g/mol. The third kappa shape index (κ3) is 45.9. The van der Waals surface area contributed by atoms with Crippen molar-refractivity contribution in [2.24, 2.45) is 27.9 Å². The fraction of sp³-hybridized carbons (Fsp3) is 0.550. The van der Waals surface area contributed by atoms with Gasteiger partial charge in [-0.3, -0.25) is 10.2 Å². The molecule has 10 N–H and O–H groups in total. The van der Waals surface area contributed by atoms with Gasteiger partial charge in [-0.1, -0.05) is 48.5 Å². The van der Waals surface area contributed by atoms with E-state index >= 15 is 0 Å². The Labute approximate surface area is 201 Å². The van der Waals surface area contributed by atoms with Crippen LogP contribution in [0.5, 0.6) is 0 Å². The summed E-state index contributed by atoms with van der Waals surface area (Å²) in [5, 5.41) is 19.7. The van der Waals surface area contributed by atoms with Gasteiger partial charge in [0.05, 0.1) is 12.4 Å². The van der Waals surface area contributed by atoms with E-state index in [9.17, 15) is 4.79 Å². The highest BCUT2D eigenvalue weighted by molar-refractivity contribution is 7.09. The van der Waals surface area contributed by atoms with E-state index in [1.807, 2.05) is 52.3 Å². The van der Waals surface area contributed by atoms with Gasteiger partial charge in [-0.05, 0) is 6.92 Å². The molecule has 12 heteroatoms. The number of carbonyl (C=O) groups is 1. The fourth-order valence-corrected chi connectivity index (χ4v) is 1.88. The van der Waals surface area contributed by atoms with E-state index in [1.54, 1.807) is 30.7 Å². The molecule has 0 unspecified atom stereocenters. The van der Waals surface area contributed by atoms with Crippen molar-refractivity contribution in [3.8, 4) is 0 Å². The molecule has 0 aliphatic heterocycles. The Morgan fingerprint density at radius 2 is 1.34 bits per heavy atom. The van der Waals surface area contributed by atoms with E-state index in [-0.39, 0.29) is 18.2 Å². The molecule has 2 rings (SSSR count). The van der Waals surface area contributed by atoms with Gasteiger partial charge in [0.25, 0.3) is 0 Å². The van der Waals surface area contributed by atoms with Crippen molar-refractivity contribution in [2.75, 3.05) is 0 Å². The van der Waals surface area contributed by atoms with Gasteiger partial charge in [0.1, 0.15) is 10.0 Å². The van der Waals surface area contributed by atoms with E-state index in [0.29, 0.717) is 13.1 Å². The second-order valence-electron chi connectivity index (χ2n) is 4.23. The summed E-state index contributed by atoms with van der Waals surface area (Å²) in [4.78, 5) is 21.1. The highest BCUT2D eigenvalue weighted by Gasteiger charge is 1.90. The monoisotopic (exact) mass is 492 g/mol. The van der Waals surface area contributed by atoms with Crippen LogP contribution in [0.1, 0.15) is 71.8 Å². The Bertz CT molecular complexity index is 612. The number of nitrogens with zero attached hydrogens (tertiary/aromatic N) is 3. The van der Waals surface area contributed by atoms with Crippen LogP contribution in [0.15, 0.2) is 28.1 Å². The highest BCUT2D eigenvalue weighted by Crippen LogP contribution is 2.04. The summed E-state index contributed by atoms with van der Waals surface area (Å²) in [6.07, 6.45) is 3.70. The molecule has 0 bridgehead atoms. The molecule has 0 spiro atoms. The van der Waals surface area contributed by atoms with Gasteiger partial charge in [-0.25, -0.2) is 15.0 Å². The lowest BCUT2D eigenvalue weighted by atomic mass is 10.5. The second kappa shape index (κ2) is 35.8. The van der Waals surface area contributed by atoms with Crippen molar-refractivity contribution in [3.63, 3.8) is 0 Å². The number of hydrogen-bond acceptors (Lipinski definition) is 8. The number of carboxylic acids is 1. The van der Waals surface area contributed by atoms with Crippen LogP contribution in [-0.4, -0.2) is 32.8 Å². The summed E-state index contributed by atoms with van der Waals surface area (Å²) >= 11 is 3.12. The van der Waals surface area contributed by atoms with Gasteiger partial charge in [0.2, 0.25) is 0 Å². The lowest BCUT2D eigenvalue weighted by molar-refractivity contribution is -0.136. The number of nitrogens with two attached hydrogens (primary N) is 4. The van der Waals surface area contributed by atoms with Crippen molar-refractivity contribution in [2.45, 2.75) is 74.9 Å². The van der Waals surface area contributed by atoms with Crippen LogP contribution in [0.2, 0.25) is 0 Å². The average molecular weight is 493 g/mol. The van der Waals surface area contributed by atoms with Gasteiger partial charge in [0.15, 0.2) is 5.96 Å². The predicted octanol–water partition coefficient (Wildman–Crippen LogP) is 4.02. The molecule has 188 valence electrons. The van der Waals surface area contributed by atoms with Crippen LogP contribution in [0.25, 0.3) is 0 Å². The molecule has 32 heavy (non-hydrogen) atoms. The Hall–Kier alpha value is -2.57. The van der Waals surface area contributed by atoms with Crippen LogP contribution in [0.4, 0.5) is 0 Å². The highest BCUT2D eigenvalue weighted by atomic mass is 32.1. The number of carboxylic acid groups (broad SMARTS) is 1. The molecule has 0 aliphatic rings. The molecule has 2 heterocycles. The number of guanidine groups is 1. The van der Waals surface area contributed by atoms with Crippen molar-refractivity contribution >= 4 is 40.4 Å². The molecule has 2 aromatic heterocycles. The first kappa shape index (κ1) is 39.9. The van der Waals surface area contributed by atoms with E-state index in [4.69, 9.17) is 33.5 Å². The van der Waals surface area contributed by atoms with E-state index in [2.05, 4.69) is 15.0 Å². The van der Waals surface area contributed by atoms with Crippen LogP contribution >= 0.6 is 22.7 Å². The quantitative estimate of drug-likeness (QED) is 0.271. The molecule has 0 radical (unpaired) electrons. The van der Waals surface area contributed by atoms with E-state index in [0.717, 1.165) is 10.0 Å². The summed E-state index contributed by atoms with van der Waals surface area (Å²) in [5.41, 5.74) is 20.2. The minimum absolute atomic E-state index is 0.107. The Kier molecular flexibility index (Phi) is 44.6. The molecule has 0 saturated heterocycles. The maximum absolute atomic E-state index is 9.37. The molecule has 0 saturated carbocycles. The maximum Gasteiger partial charge on any atom is 0.303 e. The summed E-state index contributed by atoms with van der Waals surface area (Å²) in [6.45, 7) is 16.2. The van der Waals surface area contributed by atoms with Gasteiger partial charge in [-0.2, -0.15) is 0 Å². The standard InChI is InChI=1S/C5H8N4S.C4H6N2S.C3H6O2.C2H6N2.3C2H6/c6-5(7)9-3-4-8-1-2-10-4;5-3-4-6-1-2-7-4;1-2-3(4)5;1-2(3)4;3*1-2/h1-2H,3H2,(H4,6,7,9);1-2H,3,5H2;2H2,1H3,(H,4,5);1H3,(H3,3,4);3*1-2H3. The molecular formula is C20H44N8O2S2. The van der Waals surface area contributed by atoms with Gasteiger partial charge in [-0.15, -0.1) is 22.7 Å². The normalized spacial score (nSPS) is 7.41. The van der Waals surface area contributed by atoms with E-state index in [1.165, 1.54) is 18.3 Å². The number of amidine groups is 1. The van der Waals surface area contributed by atoms with Crippen molar-refractivity contribution in [1.29, 1.82) is 5.41 Å². The lowest BCUT2D eigenvalue weighted by Gasteiger charge is -1.88. The molecule has 2 aromatic rings. The smallest absolute Gasteiger partial charge is 0.303 e. The first-order chi connectivity index (χ1) is 15.2. The third-order valence-electron chi connectivity index (χ3n) is 1.84. The molecule has 10 nitrogen and oxygen atoms in total. The number of thiazole rings is 2. The summed E-state index contributed by atoms with van der Waals surface area (Å²) in [7, 11) is 0. The topological polar surface area (TPSA) is 203 Å². The lowest BCUT2D eigenvalue weighted by Crippen LogP contribution is -2.22. The van der Waals surface area contributed by atoms with Crippen LogP contribution in [0.3, 0.4) is 0 Å². The summed E-state index contributed by atoms with van der Waals surface area (Å²) in [5.74, 6) is -0.472. The average Bonchev–Trinajstić information content (AvgIpc) is 3.51. The first-order valence-electron chi connectivity index (χ1n) is 10.3. The largest absolute Gasteiger partial charge is 0.481 e. The predicted molar refractivity (Wildman–Crippen MR) is 141 cm³/mol. The van der Waals surface area contributed by atoms with Crippen LogP contribution in [-0.2, 0) is 17.9 Å². The van der Waals surface area contributed by atoms with Crippen molar-refractivity contribution in [3.05, 3.63) is 33.2 Å². The number of aromatic nitrogens is 2. The Morgan fingerprint density at radius 1 is 1.00 bits per heavy atom. The Morgan fingerprint density at radius 3 is 1.53 bits per heavy atom. The van der Waals surface area contributed by atoms with Crippen LogP contribution in [0, 0.1) is 5.41 Å². The fourth-order valence-electron chi connectivity index (χ4n) is 0.844. The number of hydrogen-bond donors (Lipinski definition) is 6. The zero-order valence-corrected chi connectivity index (χ0v) is 22.4. The van der Waals surface area contributed by atoms with Gasteiger partial charge < -0.3 is 28.0 Å². The molecule has 0 aromatic carbocycles. The van der Waals surface area contributed by atoms with Crippen LogP contribution < -0.4 is 22.9 Å². The number of rotatable bonds is 4. The zero-order chi connectivity index (χ0) is 26.4. The molecule has 0 aliphatic carbocycles. The van der Waals surface area contributed by atoms with Gasteiger partial charge >= 0.3 is 5.97 Å². The Balaban J connectivity index is -0.0000000981. The summed E-state index contributed by atoms with van der Waals surface area (Å²) in [6, 6.07) is 0. The zero-order valence-electron chi connectivity index (χ0n) is 20.8. The number of aliphatic carboxylic acids is 1. The molecule has 0 atom stereocenters. The van der Waals surface area contributed by atoms with Crippen molar-refractivity contribution < 1.29 is 9.90 Å². The minimum atomic E-state index is -0.745. The first-order valence-corrected chi connectivity index (χ1v) is 12.0. The van der Waals surface area contributed by atoms with Crippen molar-refractivity contribution in [1.82, 2.24) is 9.97 Å². The minimum Gasteiger partial charge on any atom is -0.481 e. The maximum atomic E-state index is 9.37.